The van der Waals surface area contributed by atoms with E-state index in [-0.39, 0.29) is 5.02 Å². The van der Waals surface area contributed by atoms with Gasteiger partial charge in [-0.25, -0.2) is 9.37 Å². The van der Waals surface area contributed by atoms with E-state index in [4.69, 9.17) is 16.0 Å². The maximum absolute atomic E-state index is 13.2. The highest BCUT2D eigenvalue weighted by Crippen LogP contribution is 2.22. The number of rotatable bonds is 3. The molecule has 0 aliphatic rings. The van der Waals surface area contributed by atoms with Crippen LogP contribution in [0.15, 0.2) is 35.2 Å². The van der Waals surface area contributed by atoms with Gasteiger partial charge in [0.05, 0.1) is 17.8 Å². The summed E-state index contributed by atoms with van der Waals surface area (Å²) in [4.78, 5) is 5.66. The fourth-order valence-corrected chi connectivity index (χ4v) is 1.49. The predicted octanol–water partition coefficient (Wildman–Crippen LogP) is 3.10. The van der Waals surface area contributed by atoms with Crippen molar-refractivity contribution in [2.45, 2.75) is 6.54 Å². The van der Waals surface area contributed by atoms with Gasteiger partial charge in [0.15, 0.2) is 6.39 Å². The van der Waals surface area contributed by atoms with Crippen LogP contribution in [0.3, 0.4) is 0 Å². The van der Waals surface area contributed by atoms with Crippen molar-refractivity contribution >= 4 is 17.3 Å². The molecule has 2 aromatic rings. The third-order valence-electron chi connectivity index (χ3n) is 2.22. The second-order valence-electron chi connectivity index (χ2n) is 3.42. The maximum atomic E-state index is 13.2. The molecule has 0 saturated heterocycles. The van der Waals surface area contributed by atoms with Crippen molar-refractivity contribution in [3.05, 3.63) is 47.4 Å². The van der Waals surface area contributed by atoms with E-state index < -0.39 is 5.82 Å². The van der Waals surface area contributed by atoms with Gasteiger partial charge in [0, 0.05) is 12.7 Å². The molecule has 0 saturated carbocycles. The van der Waals surface area contributed by atoms with Crippen LogP contribution in [0.25, 0.3) is 0 Å². The monoisotopic (exact) mass is 240 g/mol. The number of anilines is 1. The Morgan fingerprint density at radius 2 is 2.31 bits per heavy atom. The van der Waals surface area contributed by atoms with Crippen LogP contribution in [-0.2, 0) is 6.54 Å². The zero-order valence-electron chi connectivity index (χ0n) is 8.65. The highest BCUT2D eigenvalue weighted by Gasteiger charge is 2.07. The van der Waals surface area contributed by atoms with Gasteiger partial charge >= 0.3 is 0 Å². The second kappa shape index (κ2) is 4.53. The molecule has 1 heterocycles. The lowest BCUT2D eigenvalue weighted by atomic mass is 10.3. The SMILES string of the molecule is CN(Cc1cnco1)c1ccc(Cl)c(F)c1. The number of hydrogen-bond acceptors (Lipinski definition) is 3. The van der Waals surface area contributed by atoms with Gasteiger partial charge < -0.3 is 9.32 Å². The summed E-state index contributed by atoms with van der Waals surface area (Å²) in [5, 5.41) is 0.122. The molecule has 0 unspecified atom stereocenters. The lowest BCUT2D eigenvalue weighted by Crippen LogP contribution is -2.15. The van der Waals surface area contributed by atoms with Crippen LogP contribution in [-0.4, -0.2) is 12.0 Å². The van der Waals surface area contributed by atoms with Crippen molar-refractivity contribution in [3.63, 3.8) is 0 Å². The third kappa shape index (κ3) is 2.33. The Kier molecular flexibility index (Phi) is 3.10. The van der Waals surface area contributed by atoms with Gasteiger partial charge in [-0.15, -0.1) is 0 Å². The summed E-state index contributed by atoms with van der Waals surface area (Å²) >= 11 is 5.61. The van der Waals surface area contributed by atoms with Crippen LogP contribution in [0.4, 0.5) is 10.1 Å². The third-order valence-corrected chi connectivity index (χ3v) is 2.53. The van der Waals surface area contributed by atoms with E-state index in [1.54, 1.807) is 12.3 Å². The molecule has 84 valence electrons. The summed E-state index contributed by atoms with van der Waals surface area (Å²) in [7, 11) is 1.84. The number of nitrogens with zero attached hydrogens (tertiary/aromatic N) is 2. The molecular weight excluding hydrogens is 231 g/mol. The number of halogens is 2. The molecule has 2 rings (SSSR count). The van der Waals surface area contributed by atoms with Crippen molar-refractivity contribution in [1.82, 2.24) is 4.98 Å². The molecule has 0 N–H and O–H groups in total. The average Bonchev–Trinajstić information content (AvgIpc) is 2.74. The van der Waals surface area contributed by atoms with Gasteiger partial charge in [0.2, 0.25) is 0 Å². The molecule has 3 nitrogen and oxygen atoms in total. The first-order valence-electron chi connectivity index (χ1n) is 4.70. The summed E-state index contributed by atoms with van der Waals surface area (Å²) < 4.78 is 18.3. The van der Waals surface area contributed by atoms with Gasteiger partial charge in [-0.2, -0.15) is 0 Å². The van der Waals surface area contributed by atoms with E-state index in [9.17, 15) is 4.39 Å². The zero-order chi connectivity index (χ0) is 11.5. The number of aromatic nitrogens is 1. The largest absolute Gasteiger partial charge is 0.447 e. The zero-order valence-corrected chi connectivity index (χ0v) is 9.41. The fraction of sp³-hybridized carbons (Fsp3) is 0.182. The molecule has 0 bridgehead atoms. The highest BCUT2D eigenvalue weighted by molar-refractivity contribution is 6.30. The normalized spacial score (nSPS) is 10.4. The Bertz CT molecular complexity index is 473. The Labute approximate surface area is 97.5 Å². The first-order chi connectivity index (χ1) is 7.66. The van der Waals surface area contributed by atoms with Crippen LogP contribution in [0.2, 0.25) is 5.02 Å². The van der Waals surface area contributed by atoms with Gasteiger partial charge in [0.25, 0.3) is 0 Å². The van der Waals surface area contributed by atoms with Crippen LogP contribution in [0, 0.1) is 5.82 Å². The van der Waals surface area contributed by atoms with E-state index in [0.29, 0.717) is 6.54 Å². The highest BCUT2D eigenvalue weighted by atomic mass is 35.5. The molecular formula is C11H10ClFN2O. The molecule has 16 heavy (non-hydrogen) atoms. The van der Waals surface area contributed by atoms with E-state index in [1.807, 2.05) is 11.9 Å². The molecule has 1 aromatic heterocycles. The van der Waals surface area contributed by atoms with E-state index in [2.05, 4.69) is 4.98 Å². The predicted molar refractivity (Wildman–Crippen MR) is 60.0 cm³/mol. The minimum absolute atomic E-state index is 0.122. The van der Waals surface area contributed by atoms with E-state index in [1.165, 1.54) is 18.5 Å². The van der Waals surface area contributed by atoms with Crippen molar-refractivity contribution in [1.29, 1.82) is 0 Å². The fourth-order valence-electron chi connectivity index (χ4n) is 1.37. The van der Waals surface area contributed by atoms with Gasteiger partial charge in [-0.1, -0.05) is 11.6 Å². The quantitative estimate of drug-likeness (QED) is 0.826. The Morgan fingerprint density at radius 3 is 2.94 bits per heavy atom. The molecule has 0 aliphatic heterocycles. The summed E-state index contributed by atoms with van der Waals surface area (Å²) in [6.45, 7) is 0.529. The van der Waals surface area contributed by atoms with Crippen LogP contribution >= 0.6 is 11.6 Å². The number of hydrogen-bond donors (Lipinski definition) is 0. The maximum Gasteiger partial charge on any atom is 0.180 e. The lowest BCUT2D eigenvalue weighted by molar-refractivity contribution is 0.501. The molecule has 0 spiro atoms. The standard InChI is InChI=1S/C11H10ClFN2O/c1-15(6-9-5-14-7-16-9)8-2-3-10(12)11(13)4-8/h2-5,7H,6H2,1H3. The second-order valence-corrected chi connectivity index (χ2v) is 3.83. The van der Waals surface area contributed by atoms with Gasteiger partial charge in [0.1, 0.15) is 11.6 Å². The van der Waals surface area contributed by atoms with E-state index >= 15 is 0 Å². The van der Waals surface area contributed by atoms with Gasteiger partial charge in [-0.05, 0) is 18.2 Å². The Hall–Kier alpha value is -1.55. The molecule has 0 aliphatic carbocycles. The van der Waals surface area contributed by atoms with Crippen molar-refractivity contribution in [2.75, 3.05) is 11.9 Å². The summed E-state index contributed by atoms with van der Waals surface area (Å²) in [5.74, 6) is 0.293. The number of benzene rings is 1. The van der Waals surface area contributed by atoms with Crippen molar-refractivity contribution in [3.8, 4) is 0 Å². The van der Waals surface area contributed by atoms with Crippen molar-refractivity contribution < 1.29 is 8.81 Å². The van der Waals surface area contributed by atoms with Crippen LogP contribution in [0.5, 0.6) is 0 Å². The smallest absolute Gasteiger partial charge is 0.180 e. The summed E-state index contributed by atoms with van der Waals surface area (Å²) in [6, 6.07) is 4.67. The first kappa shape index (κ1) is 11.0. The van der Waals surface area contributed by atoms with Crippen molar-refractivity contribution in [2.24, 2.45) is 0 Å². The van der Waals surface area contributed by atoms with Gasteiger partial charge in [-0.3, -0.25) is 0 Å². The molecule has 5 heteroatoms. The first-order valence-corrected chi connectivity index (χ1v) is 5.08. The molecule has 0 fully saturated rings. The molecule has 0 amide bonds. The minimum Gasteiger partial charge on any atom is -0.447 e. The van der Waals surface area contributed by atoms with Crippen LogP contribution in [0.1, 0.15) is 5.76 Å². The average molecular weight is 241 g/mol. The Morgan fingerprint density at radius 1 is 1.50 bits per heavy atom. The number of oxazole rings is 1. The molecule has 0 radical (unpaired) electrons. The van der Waals surface area contributed by atoms with E-state index in [0.717, 1.165) is 11.4 Å². The minimum atomic E-state index is -0.427. The lowest BCUT2D eigenvalue weighted by Gasteiger charge is -2.17. The Balaban J connectivity index is 2.14. The molecule has 0 atom stereocenters. The topological polar surface area (TPSA) is 29.3 Å². The van der Waals surface area contributed by atoms with Crippen LogP contribution < -0.4 is 4.90 Å². The molecule has 1 aromatic carbocycles. The summed E-state index contributed by atoms with van der Waals surface area (Å²) in [5.41, 5.74) is 0.735. The summed E-state index contributed by atoms with van der Waals surface area (Å²) in [6.07, 6.45) is 2.99.